The number of carbonyl (C=O) groups is 1. The van der Waals surface area contributed by atoms with E-state index in [2.05, 4.69) is 15.3 Å². The predicted octanol–water partition coefficient (Wildman–Crippen LogP) is 2.41. The number of nitrogens with one attached hydrogen (secondary N) is 2. The molecule has 0 aliphatic carbocycles. The van der Waals surface area contributed by atoms with E-state index < -0.39 is 15.9 Å². The second-order valence-electron chi connectivity index (χ2n) is 6.50. The van der Waals surface area contributed by atoms with Crippen LogP contribution >= 0.6 is 11.3 Å². The van der Waals surface area contributed by atoms with Crippen LogP contribution < -0.4 is 10.9 Å². The molecule has 1 saturated heterocycles. The number of benzene rings is 1. The second kappa shape index (κ2) is 7.46. The molecule has 1 aliphatic rings. The lowest BCUT2D eigenvalue weighted by atomic mass is 10.2. The molecule has 3 heterocycles. The molecule has 28 heavy (non-hydrogen) atoms. The van der Waals surface area contributed by atoms with Gasteiger partial charge in [0.05, 0.1) is 17.2 Å². The Balaban J connectivity index is 1.62. The Morgan fingerprint density at radius 1 is 1.18 bits per heavy atom. The van der Waals surface area contributed by atoms with Crippen LogP contribution in [0.4, 0.5) is 5.69 Å². The maximum atomic E-state index is 12.9. The van der Waals surface area contributed by atoms with Crippen LogP contribution in [0, 0.1) is 0 Å². The molecule has 1 amide bonds. The Morgan fingerprint density at radius 3 is 2.75 bits per heavy atom. The van der Waals surface area contributed by atoms with Crippen molar-refractivity contribution >= 4 is 43.9 Å². The molecule has 0 spiro atoms. The number of rotatable bonds is 4. The lowest BCUT2D eigenvalue weighted by Crippen LogP contribution is -2.36. The quantitative estimate of drug-likeness (QED) is 0.676. The number of aromatic amines is 1. The molecule has 2 N–H and O–H groups in total. The van der Waals surface area contributed by atoms with Crippen molar-refractivity contribution < 1.29 is 13.2 Å². The van der Waals surface area contributed by atoms with E-state index in [-0.39, 0.29) is 15.3 Å². The maximum Gasteiger partial charge on any atom is 0.267 e. The fraction of sp³-hybridized carbons (Fsp3) is 0.278. The topological polar surface area (TPSA) is 112 Å². The van der Waals surface area contributed by atoms with Crippen LogP contribution in [-0.2, 0) is 10.0 Å². The van der Waals surface area contributed by atoms with E-state index in [1.165, 1.54) is 22.8 Å². The van der Waals surface area contributed by atoms with Gasteiger partial charge in [-0.15, -0.1) is 11.3 Å². The Labute approximate surface area is 165 Å². The number of fused-ring (bicyclic) bond motifs is 1. The number of anilines is 1. The fourth-order valence-corrected chi connectivity index (χ4v) is 6.06. The largest absolute Gasteiger partial charge is 0.321 e. The first-order valence-corrected chi connectivity index (χ1v) is 11.2. The number of thiophene rings is 1. The number of amides is 1. The zero-order valence-corrected chi connectivity index (χ0v) is 16.5. The van der Waals surface area contributed by atoms with Gasteiger partial charge in [-0.2, -0.15) is 4.31 Å². The maximum absolute atomic E-state index is 12.9. The number of hydrogen-bond donors (Lipinski definition) is 2. The molecule has 1 aromatic carbocycles. The molecule has 0 atom stereocenters. The van der Waals surface area contributed by atoms with Crippen molar-refractivity contribution in [3.8, 4) is 0 Å². The average molecular weight is 419 g/mol. The van der Waals surface area contributed by atoms with Gasteiger partial charge >= 0.3 is 0 Å². The third kappa shape index (κ3) is 3.46. The molecule has 0 radical (unpaired) electrons. The first-order valence-electron chi connectivity index (χ1n) is 8.83. The van der Waals surface area contributed by atoms with Crippen molar-refractivity contribution in [1.82, 2.24) is 14.3 Å². The van der Waals surface area contributed by atoms with Crippen LogP contribution in [-0.4, -0.2) is 41.7 Å². The molecule has 0 saturated carbocycles. The fourth-order valence-electron chi connectivity index (χ4n) is 3.24. The molecule has 0 bridgehead atoms. The van der Waals surface area contributed by atoms with Crippen molar-refractivity contribution in [3.63, 3.8) is 0 Å². The van der Waals surface area contributed by atoms with Crippen LogP contribution in [0.15, 0.2) is 45.7 Å². The number of H-pyrrole nitrogens is 1. The smallest absolute Gasteiger partial charge is 0.267 e. The molecular formula is C18H18N4O4S2. The average Bonchev–Trinajstić information content (AvgIpc) is 3.20. The third-order valence-electron chi connectivity index (χ3n) is 4.67. The highest BCUT2D eigenvalue weighted by atomic mass is 32.2. The van der Waals surface area contributed by atoms with Crippen molar-refractivity contribution in [2.75, 3.05) is 18.4 Å². The van der Waals surface area contributed by atoms with Gasteiger partial charge in [-0.1, -0.05) is 6.42 Å². The molecule has 1 aliphatic heterocycles. The van der Waals surface area contributed by atoms with Gasteiger partial charge in [0, 0.05) is 18.8 Å². The first-order chi connectivity index (χ1) is 13.5. The Morgan fingerprint density at radius 2 is 1.96 bits per heavy atom. The van der Waals surface area contributed by atoms with Crippen LogP contribution in [0.2, 0.25) is 0 Å². The van der Waals surface area contributed by atoms with Gasteiger partial charge in [-0.05, 0) is 42.5 Å². The lowest BCUT2D eigenvalue weighted by Gasteiger charge is -2.25. The zero-order valence-electron chi connectivity index (χ0n) is 14.8. The van der Waals surface area contributed by atoms with Crippen LogP contribution in [0.25, 0.3) is 10.9 Å². The number of carbonyl (C=O) groups excluding carboxylic acids is 1. The first kappa shape index (κ1) is 18.8. The molecule has 0 unspecified atom stereocenters. The van der Waals surface area contributed by atoms with E-state index in [1.54, 1.807) is 17.5 Å². The highest BCUT2D eigenvalue weighted by Gasteiger charge is 2.31. The monoisotopic (exact) mass is 418 g/mol. The summed E-state index contributed by atoms with van der Waals surface area (Å²) in [6.45, 7) is 0.944. The summed E-state index contributed by atoms with van der Waals surface area (Å²) in [6.07, 6.45) is 3.97. The van der Waals surface area contributed by atoms with E-state index >= 15 is 0 Å². The van der Waals surface area contributed by atoms with E-state index in [9.17, 15) is 18.0 Å². The van der Waals surface area contributed by atoms with Crippen LogP contribution in [0.3, 0.4) is 0 Å². The van der Waals surface area contributed by atoms with Gasteiger partial charge < -0.3 is 10.3 Å². The van der Waals surface area contributed by atoms with Gasteiger partial charge in [-0.3, -0.25) is 9.59 Å². The van der Waals surface area contributed by atoms with E-state index in [0.29, 0.717) is 29.7 Å². The van der Waals surface area contributed by atoms with Gasteiger partial charge in [-0.25, -0.2) is 13.4 Å². The van der Waals surface area contributed by atoms with Crippen molar-refractivity contribution in [2.45, 2.75) is 24.2 Å². The number of piperidine rings is 1. The van der Waals surface area contributed by atoms with Gasteiger partial charge in [0.15, 0.2) is 0 Å². The minimum absolute atomic E-state index is 0.0252. The summed E-state index contributed by atoms with van der Waals surface area (Å²) >= 11 is 1.08. The molecule has 146 valence electrons. The molecule has 8 nitrogen and oxygen atoms in total. The van der Waals surface area contributed by atoms with Crippen LogP contribution in [0.1, 0.15) is 28.9 Å². The number of aromatic nitrogens is 2. The number of sulfonamides is 1. The van der Waals surface area contributed by atoms with E-state index in [4.69, 9.17) is 0 Å². The lowest BCUT2D eigenvalue weighted by molar-refractivity contribution is 0.102. The highest BCUT2D eigenvalue weighted by molar-refractivity contribution is 7.89. The summed E-state index contributed by atoms with van der Waals surface area (Å²) in [5, 5.41) is 4.63. The Kier molecular flexibility index (Phi) is 5.00. The highest BCUT2D eigenvalue weighted by Crippen LogP contribution is 2.28. The zero-order chi connectivity index (χ0) is 19.7. The van der Waals surface area contributed by atoms with Gasteiger partial charge in [0.25, 0.3) is 11.5 Å². The second-order valence-corrected chi connectivity index (χ2v) is 9.32. The summed E-state index contributed by atoms with van der Waals surface area (Å²) in [5.74, 6) is -0.523. The van der Waals surface area contributed by atoms with Gasteiger partial charge in [0.1, 0.15) is 9.77 Å². The minimum Gasteiger partial charge on any atom is -0.321 e. The predicted molar refractivity (Wildman–Crippen MR) is 107 cm³/mol. The molecule has 3 aromatic rings. The third-order valence-corrected chi connectivity index (χ3v) is 7.65. The normalized spacial score (nSPS) is 15.6. The Bertz CT molecular complexity index is 1190. The number of hydrogen-bond acceptors (Lipinski definition) is 6. The van der Waals surface area contributed by atoms with E-state index in [0.717, 1.165) is 30.6 Å². The summed E-state index contributed by atoms with van der Waals surface area (Å²) in [4.78, 5) is 31.4. The van der Waals surface area contributed by atoms with Crippen LogP contribution in [0.5, 0.6) is 0 Å². The van der Waals surface area contributed by atoms with Gasteiger partial charge in [0.2, 0.25) is 10.0 Å². The minimum atomic E-state index is -3.71. The molecule has 2 aromatic heterocycles. The van der Waals surface area contributed by atoms with Crippen molar-refractivity contribution in [1.29, 1.82) is 0 Å². The standard InChI is InChI=1S/C18H18N4O4S2/c23-17-13-10-12(4-5-14(13)19-11-20-17)21-18(24)16-15(6-9-27-16)28(25,26)22-7-2-1-3-8-22/h4-6,9-11H,1-3,7-8H2,(H,21,24)(H,19,20,23). The Hall–Kier alpha value is -2.56. The summed E-state index contributed by atoms with van der Waals surface area (Å²) in [7, 11) is -3.71. The molecular weight excluding hydrogens is 400 g/mol. The molecule has 1 fully saturated rings. The summed E-state index contributed by atoms with van der Waals surface area (Å²) in [6, 6.07) is 6.24. The SMILES string of the molecule is O=C(Nc1ccc2nc[nH]c(=O)c2c1)c1sccc1S(=O)(=O)N1CCCCC1. The molecule has 10 heteroatoms. The van der Waals surface area contributed by atoms with Crippen molar-refractivity contribution in [3.05, 3.63) is 51.2 Å². The van der Waals surface area contributed by atoms with E-state index in [1.807, 2.05) is 0 Å². The number of nitrogens with zero attached hydrogens (tertiary/aromatic N) is 2. The molecule has 4 rings (SSSR count). The van der Waals surface area contributed by atoms with Crippen molar-refractivity contribution in [2.24, 2.45) is 0 Å². The summed E-state index contributed by atoms with van der Waals surface area (Å²) < 4.78 is 27.3. The summed E-state index contributed by atoms with van der Waals surface area (Å²) in [5.41, 5.74) is 0.586.